The van der Waals surface area contributed by atoms with Crippen molar-refractivity contribution in [1.29, 1.82) is 0 Å². The molecule has 3 nitrogen and oxygen atoms in total. The van der Waals surface area contributed by atoms with E-state index in [9.17, 15) is 12.8 Å². The van der Waals surface area contributed by atoms with Gasteiger partial charge in [-0.3, -0.25) is 0 Å². The highest BCUT2D eigenvalue weighted by molar-refractivity contribution is 7.92. The van der Waals surface area contributed by atoms with Gasteiger partial charge >= 0.3 is 0 Å². The van der Waals surface area contributed by atoms with Gasteiger partial charge < -0.3 is 0 Å². The van der Waals surface area contributed by atoms with Gasteiger partial charge in [-0.05, 0) is 38.7 Å². The fourth-order valence-electron chi connectivity index (χ4n) is 2.39. The van der Waals surface area contributed by atoms with Gasteiger partial charge in [-0.1, -0.05) is 11.6 Å². The van der Waals surface area contributed by atoms with Crippen molar-refractivity contribution in [3.05, 3.63) is 28.8 Å². The Hall–Kier alpha value is -0.680. The first kappa shape index (κ1) is 13.7. The summed E-state index contributed by atoms with van der Waals surface area (Å²) in [5.41, 5.74) is 0.422. The molecule has 2 heterocycles. The van der Waals surface area contributed by atoms with E-state index in [1.165, 1.54) is 6.20 Å². The zero-order valence-corrected chi connectivity index (χ0v) is 11.9. The van der Waals surface area contributed by atoms with Gasteiger partial charge in [-0.15, -0.1) is 0 Å². The first-order valence-electron chi connectivity index (χ1n) is 5.76. The summed E-state index contributed by atoms with van der Waals surface area (Å²) in [6.45, 7) is 3.37. The van der Waals surface area contributed by atoms with Crippen LogP contribution in [0, 0.1) is 5.95 Å². The number of aromatic nitrogens is 1. The van der Waals surface area contributed by atoms with Crippen LogP contribution in [-0.2, 0) is 9.84 Å². The van der Waals surface area contributed by atoms with E-state index < -0.39 is 20.5 Å². The van der Waals surface area contributed by atoms with E-state index in [1.807, 2.05) is 0 Å². The maximum Gasteiger partial charge on any atom is 0.216 e. The van der Waals surface area contributed by atoms with Crippen molar-refractivity contribution in [2.45, 2.75) is 37.4 Å². The lowest BCUT2D eigenvalue weighted by atomic mass is 9.88. The molecule has 0 radical (unpaired) electrons. The molecule has 18 heavy (non-hydrogen) atoms. The first-order valence-corrected chi connectivity index (χ1v) is 7.79. The minimum Gasteiger partial charge on any atom is -0.228 e. The Labute approximate surface area is 111 Å². The summed E-state index contributed by atoms with van der Waals surface area (Å²) < 4.78 is 36.6. The Morgan fingerprint density at radius 2 is 2.17 bits per heavy atom. The smallest absolute Gasteiger partial charge is 0.216 e. The molecule has 6 heteroatoms. The van der Waals surface area contributed by atoms with Gasteiger partial charge in [-0.2, -0.15) is 4.39 Å². The third-order valence-corrected chi connectivity index (χ3v) is 6.42. The van der Waals surface area contributed by atoms with Crippen LogP contribution >= 0.6 is 11.6 Å². The summed E-state index contributed by atoms with van der Waals surface area (Å²) in [6.07, 6.45) is 2.07. The van der Waals surface area contributed by atoms with Gasteiger partial charge in [-0.25, -0.2) is 13.4 Å². The molecule has 1 aliphatic heterocycles. The Balaban J connectivity index is 2.35. The number of sulfone groups is 1. The molecule has 1 saturated heterocycles. The van der Waals surface area contributed by atoms with Crippen molar-refractivity contribution >= 4 is 21.4 Å². The van der Waals surface area contributed by atoms with E-state index in [1.54, 1.807) is 19.9 Å². The van der Waals surface area contributed by atoms with Crippen LogP contribution in [0.3, 0.4) is 0 Å². The molecule has 0 bridgehead atoms. The molecular weight excluding hydrogens is 277 g/mol. The van der Waals surface area contributed by atoms with Gasteiger partial charge in [0.1, 0.15) is 0 Å². The summed E-state index contributed by atoms with van der Waals surface area (Å²) in [6, 6.07) is 1.54. The molecule has 1 atom stereocenters. The van der Waals surface area contributed by atoms with Crippen LogP contribution in [0.5, 0.6) is 0 Å². The second kappa shape index (κ2) is 4.46. The summed E-state index contributed by atoms with van der Waals surface area (Å²) in [4.78, 5) is 3.59. The molecule has 0 N–H and O–H groups in total. The number of hydrogen-bond acceptors (Lipinski definition) is 3. The van der Waals surface area contributed by atoms with Crippen molar-refractivity contribution in [2.75, 3.05) is 5.75 Å². The molecule has 0 amide bonds. The molecule has 0 spiro atoms. The lowest BCUT2D eigenvalue weighted by Gasteiger charge is -2.35. The highest BCUT2D eigenvalue weighted by Crippen LogP contribution is 2.40. The van der Waals surface area contributed by atoms with E-state index >= 15 is 0 Å². The SMILES string of the molecule is CC1(C)CC(c2cc(Cl)cnc2F)CCS1(=O)=O. The summed E-state index contributed by atoms with van der Waals surface area (Å²) in [5, 5.41) is 0.373. The van der Waals surface area contributed by atoms with Crippen molar-refractivity contribution in [2.24, 2.45) is 0 Å². The van der Waals surface area contributed by atoms with Crippen LogP contribution in [0.4, 0.5) is 4.39 Å². The molecule has 100 valence electrons. The monoisotopic (exact) mass is 291 g/mol. The van der Waals surface area contributed by atoms with E-state index in [-0.39, 0.29) is 11.7 Å². The van der Waals surface area contributed by atoms with E-state index in [0.29, 0.717) is 23.4 Å². The highest BCUT2D eigenvalue weighted by Gasteiger charge is 2.41. The largest absolute Gasteiger partial charge is 0.228 e. The zero-order valence-electron chi connectivity index (χ0n) is 10.3. The van der Waals surface area contributed by atoms with Gasteiger partial charge in [0.05, 0.1) is 15.5 Å². The average molecular weight is 292 g/mol. The van der Waals surface area contributed by atoms with E-state index in [4.69, 9.17) is 11.6 Å². The van der Waals surface area contributed by atoms with Gasteiger partial charge in [0.2, 0.25) is 5.95 Å². The predicted octanol–water partition coefficient (Wildman–Crippen LogP) is 2.94. The lowest BCUT2D eigenvalue weighted by Crippen LogP contribution is -2.40. The number of pyridine rings is 1. The van der Waals surface area contributed by atoms with Crippen LogP contribution in [0.2, 0.25) is 5.02 Å². The third-order valence-electron chi connectivity index (χ3n) is 3.59. The predicted molar refractivity (Wildman–Crippen MR) is 69.0 cm³/mol. The van der Waals surface area contributed by atoms with Crippen molar-refractivity contribution in [3.8, 4) is 0 Å². The van der Waals surface area contributed by atoms with Crippen LogP contribution < -0.4 is 0 Å². The van der Waals surface area contributed by atoms with Crippen molar-refractivity contribution in [3.63, 3.8) is 0 Å². The number of halogens is 2. The topological polar surface area (TPSA) is 47.0 Å². The number of nitrogens with zero attached hydrogens (tertiary/aromatic N) is 1. The second-order valence-electron chi connectivity index (χ2n) is 5.30. The van der Waals surface area contributed by atoms with Gasteiger partial charge in [0.15, 0.2) is 9.84 Å². The van der Waals surface area contributed by atoms with Crippen LogP contribution in [0.15, 0.2) is 12.3 Å². The fraction of sp³-hybridized carbons (Fsp3) is 0.583. The van der Waals surface area contributed by atoms with Crippen molar-refractivity contribution in [1.82, 2.24) is 4.98 Å². The van der Waals surface area contributed by atoms with Gasteiger partial charge in [0, 0.05) is 11.8 Å². The minimum atomic E-state index is -3.10. The highest BCUT2D eigenvalue weighted by atomic mass is 35.5. The fourth-order valence-corrected chi connectivity index (χ4v) is 4.15. The number of rotatable bonds is 1. The Kier molecular flexibility index (Phi) is 3.40. The molecule has 1 aliphatic rings. The average Bonchev–Trinajstić information content (AvgIpc) is 2.26. The molecule has 1 aromatic heterocycles. The zero-order chi connectivity index (χ0) is 13.6. The normalized spacial score (nSPS) is 25.9. The van der Waals surface area contributed by atoms with Gasteiger partial charge in [0.25, 0.3) is 0 Å². The van der Waals surface area contributed by atoms with E-state index in [0.717, 1.165) is 0 Å². The van der Waals surface area contributed by atoms with Crippen LogP contribution in [-0.4, -0.2) is 23.9 Å². The second-order valence-corrected chi connectivity index (χ2v) is 8.48. The standard InChI is InChI=1S/C12H15ClFNO2S/c1-12(2)6-8(3-4-18(12,16)17)10-5-9(13)7-15-11(10)14/h5,7-8H,3-4,6H2,1-2H3. The molecule has 1 fully saturated rings. The van der Waals surface area contributed by atoms with Crippen molar-refractivity contribution < 1.29 is 12.8 Å². The minimum absolute atomic E-state index is 0.0800. The van der Waals surface area contributed by atoms with E-state index in [2.05, 4.69) is 4.98 Å². The molecular formula is C12H15ClFNO2S. The summed E-state index contributed by atoms with van der Waals surface area (Å²) in [7, 11) is -3.10. The molecule has 1 unspecified atom stereocenters. The maximum absolute atomic E-state index is 13.7. The maximum atomic E-state index is 13.7. The van der Waals surface area contributed by atoms with Crippen LogP contribution in [0.1, 0.15) is 38.2 Å². The quantitative estimate of drug-likeness (QED) is 0.747. The Morgan fingerprint density at radius 1 is 1.50 bits per heavy atom. The molecule has 0 aliphatic carbocycles. The molecule has 0 aromatic carbocycles. The third kappa shape index (κ3) is 2.38. The molecule has 0 saturated carbocycles. The number of hydrogen-bond donors (Lipinski definition) is 0. The van der Waals surface area contributed by atoms with Crippen LogP contribution in [0.25, 0.3) is 0 Å². The Bertz CT molecular complexity index is 571. The first-order chi connectivity index (χ1) is 8.23. The Morgan fingerprint density at radius 3 is 2.78 bits per heavy atom. The molecule has 1 aromatic rings. The molecule has 2 rings (SSSR count). The summed E-state index contributed by atoms with van der Waals surface area (Å²) >= 11 is 5.82. The summed E-state index contributed by atoms with van der Waals surface area (Å²) in [5.74, 6) is -0.620. The lowest BCUT2D eigenvalue weighted by molar-refractivity contribution is 0.433.